The molecule has 0 saturated heterocycles. The van der Waals surface area contributed by atoms with Crippen LogP contribution in [-0.2, 0) is 5.72 Å². The summed E-state index contributed by atoms with van der Waals surface area (Å²) in [4.78, 5) is 3.86. The molecule has 5 heteroatoms. The van der Waals surface area contributed by atoms with E-state index in [9.17, 15) is 5.11 Å². The summed E-state index contributed by atoms with van der Waals surface area (Å²) in [5, 5.41) is 14.6. The summed E-state index contributed by atoms with van der Waals surface area (Å²) < 4.78 is 1.53. The lowest BCUT2D eigenvalue weighted by Crippen LogP contribution is -2.46. The number of nitrogens with zero attached hydrogens (tertiary/aromatic N) is 3. The molecule has 2 atom stereocenters. The van der Waals surface area contributed by atoms with Crippen molar-refractivity contribution in [2.24, 2.45) is 5.41 Å². The van der Waals surface area contributed by atoms with Gasteiger partial charge in [0.05, 0.1) is 0 Å². The Morgan fingerprint density at radius 1 is 1.57 bits per heavy atom. The van der Waals surface area contributed by atoms with E-state index in [1.165, 1.54) is 11.0 Å². The van der Waals surface area contributed by atoms with Crippen molar-refractivity contribution in [3.05, 3.63) is 12.7 Å². The zero-order chi connectivity index (χ0) is 10.2. The molecule has 0 amide bonds. The maximum Gasteiger partial charge on any atom is 0.166 e. The largest absolute Gasteiger partial charge is 0.368 e. The topological polar surface area (TPSA) is 50.9 Å². The highest BCUT2D eigenvalue weighted by Gasteiger charge is 2.52. The van der Waals surface area contributed by atoms with Gasteiger partial charge in [-0.15, -0.1) is 11.6 Å². The van der Waals surface area contributed by atoms with Crippen LogP contribution in [0.5, 0.6) is 0 Å². The molecule has 2 unspecified atom stereocenters. The molecule has 1 aliphatic carbocycles. The average Bonchev–Trinajstić information content (AvgIpc) is 2.77. The predicted molar refractivity (Wildman–Crippen MR) is 52.9 cm³/mol. The zero-order valence-corrected chi connectivity index (χ0v) is 8.91. The van der Waals surface area contributed by atoms with Crippen molar-refractivity contribution in [1.29, 1.82) is 0 Å². The van der Waals surface area contributed by atoms with Crippen molar-refractivity contribution in [2.75, 3.05) is 5.88 Å². The van der Waals surface area contributed by atoms with E-state index in [1.54, 1.807) is 6.33 Å². The quantitative estimate of drug-likeness (QED) is 0.758. The van der Waals surface area contributed by atoms with Crippen molar-refractivity contribution < 1.29 is 5.11 Å². The first-order valence-electron chi connectivity index (χ1n) is 4.76. The van der Waals surface area contributed by atoms with Crippen LogP contribution < -0.4 is 0 Å². The van der Waals surface area contributed by atoms with Crippen LogP contribution in [0.15, 0.2) is 12.7 Å². The molecule has 78 valence electrons. The van der Waals surface area contributed by atoms with Crippen LogP contribution in [0.3, 0.4) is 0 Å². The molecule has 0 bridgehead atoms. The van der Waals surface area contributed by atoms with Crippen LogP contribution in [0.4, 0.5) is 0 Å². The highest BCUT2D eigenvalue weighted by atomic mass is 35.5. The van der Waals surface area contributed by atoms with Crippen LogP contribution in [0, 0.1) is 5.41 Å². The van der Waals surface area contributed by atoms with E-state index in [-0.39, 0.29) is 5.41 Å². The number of rotatable bonds is 2. The number of halogens is 1. The lowest BCUT2D eigenvalue weighted by Gasteiger charge is -2.37. The molecular formula is C9H14ClN3O. The maximum atomic E-state index is 10.5. The van der Waals surface area contributed by atoms with Gasteiger partial charge in [0.15, 0.2) is 5.72 Å². The molecule has 0 aliphatic heterocycles. The average molecular weight is 216 g/mol. The molecule has 0 spiro atoms. The van der Waals surface area contributed by atoms with E-state index in [4.69, 9.17) is 11.6 Å². The van der Waals surface area contributed by atoms with Crippen LogP contribution in [0.1, 0.15) is 26.2 Å². The van der Waals surface area contributed by atoms with E-state index < -0.39 is 5.72 Å². The highest BCUT2D eigenvalue weighted by molar-refractivity contribution is 6.18. The Balaban J connectivity index is 2.40. The van der Waals surface area contributed by atoms with E-state index >= 15 is 0 Å². The summed E-state index contributed by atoms with van der Waals surface area (Å²) >= 11 is 5.93. The molecule has 1 saturated carbocycles. The summed E-state index contributed by atoms with van der Waals surface area (Å²) in [6.07, 6.45) is 5.58. The van der Waals surface area contributed by atoms with Gasteiger partial charge in [-0.2, -0.15) is 5.10 Å². The molecule has 1 fully saturated rings. The van der Waals surface area contributed by atoms with Crippen LogP contribution in [0.25, 0.3) is 0 Å². The molecular weight excluding hydrogens is 202 g/mol. The molecule has 1 heterocycles. The third-order valence-electron chi connectivity index (χ3n) is 3.31. The van der Waals surface area contributed by atoms with E-state index in [1.807, 2.05) is 6.92 Å². The second-order valence-corrected chi connectivity index (χ2v) is 4.47. The maximum absolute atomic E-state index is 10.5. The Labute approximate surface area is 87.9 Å². The third kappa shape index (κ3) is 1.17. The van der Waals surface area contributed by atoms with Gasteiger partial charge in [0, 0.05) is 11.3 Å². The minimum absolute atomic E-state index is 0.303. The van der Waals surface area contributed by atoms with Gasteiger partial charge in [-0.25, -0.2) is 9.67 Å². The minimum Gasteiger partial charge on any atom is -0.368 e. The number of hydrogen-bond acceptors (Lipinski definition) is 3. The molecule has 4 nitrogen and oxygen atoms in total. The Kier molecular flexibility index (Phi) is 2.27. The van der Waals surface area contributed by atoms with E-state index in [0.717, 1.165) is 12.8 Å². The van der Waals surface area contributed by atoms with Crippen molar-refractivity contribution in [2.45, 2.75) is 31.9 Å². The Morgan fingerprint density at radius 3 is 2.93 bits per heavy atom. The van der Waals surface area contributed by atoms with E-state index in [2.05, 4.69) is 10.1 Å². The first kappa shape index (κ1) is 9.93. The number of aliphatic hydroxyl groups is 1. The van der Waals surface area contributed by atoms with Gasteiger partial charge < -0.3 is 5.11 Å². The Morgan fingerprint density at radius 2 is 2.36 bits per heavy atom. The van der Waals surface area contributed by atoms with Crippen molar-refractivity contribution in [3.8, 4) is 0 Å². The van der Waals surface area contributed by atoms with Crippen LogP contribution in [-0.4, -0.2) is 25.8 Å². The molecule has 0 aromatic carbocycles. The molecule has 1 aromatic rings. The fourth-order valence-electron chi connectivity index (χ4n) is 2.19. The van der Waals surface area contributed by atoms with Crippen LogP contribution >= 0.6 is 11.6 Å². The predicted octanol–water partition coefficient (Wildman–Crippen LogP) is 1.35. The van der Waals surface area contributed by atoms with E-state index in [0.29, 0.717) is 12.3 Å². The first-order chi connectivity index (χ1) is 6.62. The van der Waals surface area contributed by atoms with Crippen molar-refractivity contribution >= 4 is 11.6 Å². The first-order valence-corrected chi connectivity index (χ1v) is 5.29. The fraction of sp³-hybridized carbons (Fsp3) is 0.778. The summed E-state index contributed by atoms with van der Waals surface area (Å²) in [7, 11) is 0. The SMILES string of the molecule is CC1(CCl)CCCC1(O)n1cncn1. The van der Waals surface area contributed by atoms with Crippen LogP contribution in [0.2, 0.25) is 0 Å². The number of aromatic nitrogens is 3. The highest BCUT2D eigenvalue weighted by Crippen LogP contribution is 2.49. The third-order valence-corrected chi connectivity index (χ3v) is 3.90. The Bertz CT molecular complexity index is 316. The monoisotopic (exact) mass is 215 g/mol. The second kappa shape index (κ2) is 3.21. The summed E-state index contributed by atoms with van der Waals surface area (Å²) in [6.45, 7) is 1.99. The molecule has 1 aliphatic rings. The molecule has 2 rings (SSSR count). The normalized spacial score (nSPS) is 37.6. The van der Waals surface area contributed by atoms with Gasteiger partial charge in [-0.05, 0) is 19.3 Å². The molecule has 1 aromatic heterocycles. The van der Waals surface area contributed by atoms with Gasteiger partial charge in [0.2, 0.25) is 0 Å². The lowest BCUT2D eigenvalue weighted by atomic mass is 9.84. The molecule has 1 N–H and O–H groups in total. The Hall–Kier alpha value is -0.610. The van der Waals surface area contributed by atoms with Crippen molar-refractivity contribution in [1.82, 2.24) is 14.8 Å². The molecule has 0 radical (unpaired) electrons. The van der Waals surface area contributed by atoms with Gasteiger partial charge in [-0.3, -0.25) is 0 Å². The lowest BCUT2D eigenvalue weighted by molar-refractivity contribution is -0.121. The smallest absolute Gasteiger partial charge is 0.166 e. The minimum atomic E-state index is -0.967. The summed E-state index contributed by atoms with van der Waals surface area (Å²) in [6, 6.07) is 0. The zero-order valence-electron chi connectivity index (χ0n) is 8.15. The van der Waals surface area contributed by atoms with Gasteiger partial charge in [0.1, 0.15) is 12.7 Å². The number of hydrogen-bond donors (Lipinski definition) is 1. The molecule has 14 heavy (non-hydrogen) atoms. The van der Waals surface area contributed by atoms with Crippen molar-refractivity contribution in [3.63, 3.8) is 0 Å². The second-order valence-electron chi connectivity index (χ2n) is 4.20. The van der Waals surface area contributed by atoms with Gasteiger partial charge in [-0.1, -0.05) is 6.92 Å². The summed E-state index contributed by atoms with van der Waals surface area (Å²) in [5.74, 6) is 0.434. The number of alkyl halides is 1. The van der Waals surface area contributed by atoms with Gasteiger partial charge in [0.25, 0.3) is 0 Å². The fourth-order valence-corrected chi connectivity index (χ4v) is 2.54. The summed E-state index contributed by atoms with van der Waals surface area (Å²) in [5.41, 5.74) is -1.27. The van der Waals surface area contributed by atoms with Gasteiger partial charge >= 0.3 is 0 Å². The standard InChI is InChI=1S/C9H14ClN3O/c1-8(5-10)3-2-4-9(8,14)13-7-11-6-12-13/h6-7,14H,2-5H2,1H3.